The fraction of sp³-hybridized carbons (Fsp3) is 0.583. The molecule has 0 aliphatic heterocycles. The van der Waals surface area contributed by atoms with E-state index in [0.717, 1.165) is 11.3 Å². The quantitative estimate of drug-likeness (QED) is 0.812. The molecule has 0 bridgehead atoms. The molecule has 0 aliphatic rings. The lowest BCUT2D eigenvalue weighted by molar-refractivity contribution is 0.0365. The predicted octanol–water partition coefficient (Wildman–Crippen LogP) is 1.04. The molecule has 1 aromatic rings. The van der Waals surface area contributed by atoms with Crippen molar-refractivity contribution in [2.75, 3.05) is 32.7 Å². The smallest absolute Gasteiger partial charge is 0.167 e. The highest BCUT2D eigenvalue weighted by Crippen LogP contribution is 2.16. The summed E-state index contributed by atoms with van der Waals surface area (Å²) < 4.78 is 10.2. The molecule has 0 amide bonds. The molecule has 0 fully saturated rings. The minimum atomic E-state index is -0.0926. The van der Waals surface area contributed by atoms with E-state index in [1.807, 2.05) is 13.8 Å². The molecule has 1 N–H and O–H groups in total. The van der Waals surface area contributed by atoms with E-state index in [1.165, 1.54) is 0 Å². The first-order valence-corrected chi connectivity index (χ1v) is 5.63. The summed E-state index contributed by atoms with van der Waals surface area (Å²) in [6.45, 7) is 4.67. The number of aryl methyl sites for hydroxylation is 1. The number of nitrogens with zero attached hydrogens (tertiary/aromatic N) is 3. The molecule has 1 unspecified atom stereocenters. The summed E-state index contributed by atoms with van der Waals surface area (Å²) in [6.07, 6.45) is -0.0926. The van der Waals surface area contributed by atoms with Gasteiger partial charge >= 0.3 is 0 Å². The number of nitriles is 1. The number of methoxy groups -OCH3 is 2. The molecule has 6 heteroatoms. The molecule has 0 saturated heterocycles. The summed E-state index contributed by atoms with van der Waals surface area (Å²) >= 11 is 0. The number of hydrogen-bond donors (Lipinski definition) is 1. The van der Waals surface area contributed by atoms with Crippen LogP contribution in [0.5, 0.6) is 0 Å². The molecule has 6 nitrogen and oxygen atoms in total. The number of nitrogens with one attached hydrogen (secondary N) is 1. The van der Waals surface area contributed by atoms with Crippen LogP contribution in [0.25, 0.3) is 0 Å². The zero-order valence-electron chi connectivity index (χ0n) is 11.1. The summed E-state index contributed by atoms with van der Waals surface area (Å²) in [4.78, 5) is 0. The van der Waals surface area contributed by atoms with Crippen LogP contribution in [0, 0.1) is 25.2 Å². The summed E-state index contributed by atoms with van der Waals surface area (Å²) in [7, 11) is 3.23. The maximum Gasteiger partial charge on any atom is 0.167 e. The largest absolute Gasteiger partial charge is 0.382 e. The molecule has 0 saturated carbocycles. The highest BCUT2D eigenvalue weighted by atomic mass is 16.5. The Bertz CT molecular complexity index is 442. The third-order valence-electron chi connectivity index (χ3n) is 2.75. The van der Waals surface area contributed by atoms with Crippen molar-refractivity contribution in [3.8, 4) is 6.07 Å². The van der Waals surface area contributed by atoms with E-state index < -0.39 is 0 Å². The van der Waals surface area contributed by atoms with Gasteiger partial charge in [-0.05, 0) is 19.4 Å². The van der Waals surface area contributed by atoms with Gasteiger partial charge in [0.05, 0.1) is 18.4 Å². The Morgan fingerprint density at radius 3 is 2.61 bits per heavy atom. The van der Waals surface area contributed by atoms with Crippen LogP contribution < -0.4 is 5.32 Å². The first-order valence-electron chi connectivity index (χ1n) is 5.63. The molecule has 1 aromatic heterocycles. The van der Waals surface area contributed by atoms with E-state index in [2.05, 4.69) is 21.6 Å². The first kappa shape index (κ1) is 14.4. The first-order chi connectivity index (χ1) is 8.63. The van der Waals surface area contributed by atoms with E-state index in [1.54, 1.807) is 14.2 Å². The minimum absolute atomic E-state index is 0.0926. The molecule has 0 aromatic carbocycles. The second-order valence-corrected chi connectivity index (χ2v) is 3.94. The monoisotopic (exact) mass is 250 g/mol. The fourth-order valence-corrected chi connectivity index (χ4v) is 1.48. The van der Waals surface area contributed by atoms with Gasteiger partial charge in [0.1, 0.15) is 11.6 Å². The van der Waals surface area contributed by atoms with Crippen molar-refractivity contribution in [3.05, 3.63) is 16.8 Å². The maximum absolute atomic E-state index is 9.14. The lowest BCUT2D eigenvalue weighted by atomic mass is 10.1. The maximum atomic E-state index is 9.14. The average molecular weight is 250 g/mol. The highest BCUT2D eigenvalue weighted by molar-refractivity contribution is 5.55. The van der Waals surface area contributed by atoms with Gasteiger partial charge in [-0.2, -0.15) is 10.4 Å². The van der Waals surface area contributed by atoms with E-state index in [0.29, 0.717) is 24.5 Å². The van der Waals surface area contributed by atoms with Crippen LogP contribution in [0.15, 0.2) is 0 Å². The van der Waals surface area contributed by atoms with Crippen molar-refractivity contribution in [2.24, 2.45) is 0 Å². The molecule has 1 atom stereocenters. The Hall–Kier alpha value is -1.71. The number of anilines is 1. The Balaban J connectivity index is 2.79. The standard InChI is InChI=1S/C12H18N4O2/c1-8-9(2)15-16-12(11(8)5-13)14-6-10(18-4)7-17-3/h10H,6-7H2,1-4H3,(H,14,16). The molecule has 1 heterocycles. The van der Waals surface area contributed by atoms with E-state index in [9.17, 15) is 0 Å². The van der Waals surface area contributed by atoms with E-state index in [4.69, 9.17) is 14.7 Å². The van der Waals surface area contributed by atoms with Gasteiger partial charge in [-0.3, -0.25) is 0 Å². The van der Waals surface area contributed by atoms with Crippen LogP contribution in [-0.2, 0) is 9.47 Å². The molecule has 0 radical (unpaired) electrons. The zero-order chi connectivity index (χ0) is 13.5. The van der Waals surface area contributed by atoms with Crippen LogP contribution >= 0.6 is 0 Å². The Morgan fingerprint density at radius 2 is 2.06 bits per heavy atom. The average Bonchev–Trinajstić information content (AvgIpc) is 2.38. The van der Waals surface area contributed by atoms with Gasteiger partial charge in [0, 0.05) is 20.8 Å². The number of hydrogen-bond acceptors (Lipinski definition) is 6. The third-order valence-corrected chi connectivity index (χ3v) is 2.75. The highest BCUT2D eigenvalue weighted by Gasteiger charge is 2.13. The van der Waals surface area contributed by atoms with Crippen molar-refractivity contribution in [3.63, 3.8) is 0 Å². The van der Waals surface area contributed by atoms with Crippen molar-refractivity contribution in [1.82, 2.24) is 10.2 Å². The molecular formula is C12H18N4O2. The lowest BCUT2D eigenvalue weighted by Crippen LogP contribution is -2.27. The third kappa shape index (κ3) is 3.39. The van der Waals surface area contributed by atoms with Crippen molar-refractivity contribution >= 4 is 5.82 Å². The van der Waals surface area contributed by atoms with Gasteiger partial charge in [0.2, 0.25) is 0 Å². The molecule has 18 heavy (non-hydrogen) atoms. The van der Waals surface area contributed by atoms with Crippen molar-refractivity contribution in [2.45, 2.75) is 20.0 Å². The van der Waals surface area contributed by atoms with Gasteiger partial charge in [0.25, 0.3) is 0 Å². The molecule has 1 rings (SSSR count). The van der Waals surface area contributed by atoms with Crippen LogP contribution in [0.4, 0.5) is 5.82 Å². The number of aromatic nitrogens is 2. The summed E-state index contributed by atoms with van der Waals surface area (Å²) in [5.41, 5.74) is 2.13. The van der Waals surface area contributed by atoms with Crippen molar-refractivity contribution < 1.29 is 9.47 Å². The fourth-order valence-electron chi connectivity index (χ4n) is 1.48. The van der Waals surface area contributed by atoms with Gasteiger partial charge in [0.15, 0.2) is 5.82 Å². The van der Waals surface area contributed by atoms with Crippen LogP contribution in [-0.4, -0.2) is 43.7 Å². The van der Waals surface area contributed by atoms with Crippen LogP contribution in [0.3, 0.4) is 0 Å². The van der Waals surface area contributed by atoms with Gasteiger partial charge < -0.3 is 14.8 Å². The molecule has 0 spiro atoms. The predicted molar refractivity (Wildman–Crippen MR) is 67.4 cm³/mol. The van der Waals surface area contributed by atoms with Crippen LogP contribution in [0.2, 0.25) is 0 Å². The van der Waals surface area contributed by atoms with Crippen LogP contribution in [0.1, 0.15) is 16.8 Å². The zero-order valence-corrected chi connectivity index (χ0v) is 11.1. The summed E-state index contributed by atoms with van der Waals surface area (Å²) in [5.74, 6) is 0.485. The lowest BCUT2D eigenvalue weighted by Gasteiger charge is -2.16. The Morgan fingerprint density at radius 1 is 1.33 bits per heavy atom. The minimum Gasteiger partial charge on any atom is -0.382 e. The summed E-state index contributed by atoms with van der Waals surface area (Å²) in [5, 5.41) is 20.2. The molecule has 98 valence electrons. The van der Waals surface area contributed by atoms with Crippen molar-refractivity contribution in [1.29, 1.82) is 5.26 Å². The normalized spacial score (nSPS) is 11.9. The SMILES string of the molecule is COCC(CNc1nnc(C)c(C)c1C#N)OC. The van der Waals surface area contributed by atoms with E-state index in [-0.39, 0.29) is 6.10 Å². The summed E-state index contributed by atoms with van der Waals surface area (Å²) in [6, 6.07) is 2.14. The Labute approximate surface area is 107 Å². The van der Waals surface area contributed by atoms with Gasteiger partial charge in [-0.15, -0.1) is 5.10 Å². The van der Waals surface area contributed by atoms with E-state index >= 15 is 0 Å². The van der Waals surface area contributed by atoms with Gasteiger partial charge in [-0.25, -0.2) is 0 Å². The van der Waals surface area contributed by atoms with Gasteiger partial charge in [-0.1, -0.05) is 0 Å². The molecule has 0 aliphatic carbocycles. The second kappa shape index (κ2) is 6.89. The number of rotatable bonds is 6. The topological polar surface area (TPSA) is 80.1 Å². The second-order valence-electron chi connectivity index (χ2n) is 3.94. The number of ether oxygens (including phenoxy) is 2. The molecular weight excluding hydrogens is 232 g/mol. The Kier molecular flexibility index (Phi) is 5.49.